The monoisotopic (exact) mass is 811 g/mol. The van der Waals surface area contributed by atoms with Crippen molar-refractivity contribution < 1.29 is 24.0 Å². The molecule has 5 aromatic carbocycles. The number of carbonyl (C=O) groups excluding carboxylic acids is 5. The van der Waals surface area contributed by atoms with E-state index in [0.29, 0.717) is 51.7 Å². The molecule has 1 heterocycles. The Bertz CT molecular complexity index is 2260. The molecule has 0 saturated carbocycles. The van der Waals surface area contributed by atoms with Crippen molar-refractivity contribution in [3.05, 3.63) is 132 Å². The molecule has 5 aromatic rings. The quantitative estimate of drug-likeness (QED) is 0.0682. The zero-order valence-corrected chi connectivity index (χ0v) is 34.3. The van der Waals surface area contributed by atoms with E-state index >= 15 is 0 Å². The van der Waals surface area contributed by atoms with Gasteiger partial charge in [-0.25, -0.2) is 0 Å². The van der Waals surface area contributed by atoms with Gasteiger partial charge in [-0.2, -0.15) is 0 Å². The fourth-order valence-corrected chi connectivity index (χ4v) is 7.95. The number of amides is 5. The summed E-state index contributed by atoms with van der Waals surface area (Å²) in [6.07, 6.45) is 3.27. The van der Waals surface area contributed by atoms with Crippen LogP contribution < -0.4 is 32.7 Å². The van der Waals surface area contributed by atoms with Crippen molar-refractivity contribution in [2.75, 3.05) is 26.7 Å². The molecule has 0 aliphatic carbocycles. The average Bonchev–Trinajstić information content (AvgIpc) is 3.27. The Morgan fingerprint density at radius 1 is 0.633 bits per heavy atom. The summed E-state index contributed by atoms with van der Waals surface area (Å²) >= 11 is 0. The van der Waals surface area contributed by atoms with Gasteiger partial charge in [0.15, 0.2) is 0 Å². The van der Waals surface area contributed by atoms with Crippen molar-refractivity contribution in [1.82, 2.24) is 26.2 Å². The minimum atomic E-state index is -1.12. The van der Waals surface area contributed by atoms with Crippen LogP contribution in [0.4, 0.5) is 0 Å². The molecule has 0 aromatic heterocycles. The van der Waals surface area contributed by atoms with Crippen LogP contribution in [0.3, 0.4) is 0 Å². The van der Waals surface area contributed by atoms with Crippen LogP contribution in [0.25, 0.3) is 21.5 Å². The van der Waals surface area contributed by atoms with E-state index < -0.39 is 47.8 Å². The fourth-order valence-electron chi connectivity index (χ4n) is 7.95. The molecule has 314 valence electrons. The summed E-state index contributed by atoms with van der Waals surface area (Å²) in [5, 5.41) is 16.2. The number of nitrogens with two attached hydrogens (primary N) is 2. The zero-order chi connectivity index (χ0) is 42.4. The van der Waals surface area contributed by atoms with Crippen LogP contribution in [-0.4, -0.2) is 85.3 Å². The minimum absolute atomic E-state index is 0.115. The molecular formula is C48H57N7O5. The van der Waals surface area contributed by atoms with Gasteiger partial charge in [0.2, 0.25) is 29.5 Å². The molecule has 6 rings (SSSR count). The maximum Gasteiger partial charge on any atom is 0.245 e. The molecule has 1 fully saturated rings. The summed E-state index contributed by atoms with van der Waals surface area (Å²) in [6.45, 7) is 1.85. The number of hydrogen-bond acceptors (Lipinski definition) is 7. The molecule has 2 unspecified atom stereocenters. The third kappa shape index (κ3) is 11.8. The Kier molecular flexibility index (Phi) is 15.4. The molecule has 8 N–H and O–H groups in total. The van der Waals surface area contributed by atoms with Crippen LogP contribution in [0.15, 0.2) is 115 Å². The van der Waals surface area contributed by atoms with E-state index in [-0.39, 0.29) is 31.1 Å². The smallest absolute Gasteiger partial charge is 0.245 e. The van der Waals surface area contributed by atoms with Crippen molar-refractivity contribution in [1.29, 1.82) is 0 Å². The zero-order valence-electron chi connectivity index (χ0n) is 34.3. The molecule has 1 aliphatic heterocycles. The van der Waals surface area contributed by atoms with Crippen LogP contribution in [0.5, 0.6) is 0 Å². The fraction of sp³-hybridized carbons (Fsp3) is 0.354. The van der Waals surface area contributed by atoms with Gasteiger partial charge in [-0.05, 0) is 90.0 Å². The van der Waals surface area contributed by atoms with E-state index in [1.54, 1.807) is 7.05 Å². The second-order valence-corrected chi connectivity index (χ2v) is 15.8. The SMILES string of the molecule is CN(C(=O)C(Cc1ccc2ccccc2c1)NC(=O)C1CCNCC1)[C@H](Cc1ccc2ccccc2c1)C(=O)N[C@@H](Cc1ccccc1)C(=O)NC(CCCCN)C(N)=O. The number of fused-ring (bicyclic) bond motifs is 2. The third-order valence-electron chi connectivity index (χ3n) is 11.5. The highest BCUT2D eigenvalue weighted by Crippen LogP contribution is 2.22. The molecule has 12 heteroatoms. The van der Waals surface area contributed by atoms with Gasteiger partial charge in [-0.1, -0.05) is 115 Å². The standard InChI is InChI=1S/C48H57N7O5/c1-55(48(60)42(54-45(57)37-22-25-51-26-23-37)30-33-18-20-35-13-5-7-15-38(35)27-33)43(31-34-19-21-36-14-6-8-16-39(36)28-34)47(59)53-41(29-32-11-3-2-4-12-32)46(58)52-40(44(50)56)17-9-10-24-49/h2-8,11-16,18-21,27-28,37,40-43,51H,9-10,17,22-26,29-31,49H2,1H3,(H2,50,56)(H,52,58)(H,53,59)(H,54,57)/t40?,41-,42?,43+/m0/s1. The lowest BCUT2D eigenvalue weighted by Crippen LogP contribution is -2.59. The third-order valence-corrected chi connectivity index (χ3v) is 11.5. The molecule has 4 atom stereocenters. The van der Waals surface area contributed by atoms with Crippen molar-refractivity contribution in [3.8, 4) is 0 Å². The van der Waals surface area contributed by atoms with Gasteiger partial charge in [0, 0.05) is 32.2 Å². The Labute approximate surface area is 351 Å². The summed E-state index contributed by atoms with van der Waals surface area (Å²) in [4.78, 5) is 71.4. The van der Waals surface area contributed by atoms with Crippen LogP contribution >= 0.6 is 0 Å². The lowest BCUT2D eigenvalue weighted by atomic mass is 9.95. The van der Waals surface area contributed by atoms with E-state index in [2.05, 4.69) is 21.3 Å². The van der Waals surface area contributed by atoms with Gasteiger partial charge in [-0.3, -0.25) is 24.0 Å². The second-order valence-electron chi connectivity index (χ2n) is 15.8. The van der Waals surface area contributed by atoms with E-state index in [1.807, 2.05) is 115 Å². The van der Waals surface area contributed by atoms with Gasteiger partial charge >= 0.3 is 0 Å². The molecule has 5 amide bonds. The van der Waals surface area contributed by atoms with Crippen LogP contribution in [0.2, 0.25) is 0 Å². The van der Waals surface area contributed by atoms with Crippen molar-refractivity contribution in [2.24, 2.45) is 17.4 Å². The number of benzene rings is 5. The predicted octanol–water partition coefficient (Wildman–Crippen LogP) is 3.92. The van der Waals surface area contributed by atoms with E-state index in [0.717, 1.165) is 38.2 Å². The number of unbranched alkanes of at least 4 members (excludes halogenated alkanes) is 1. The first-order valence-electron chi connectivity index (χ1n) is 21.0. The summed E-state index contributed by atoms with van der Waals surface area (Å²) in [6, 6.07) is 32.8. The Hall–Kier alpha value is -6.11. The molecule has 12 nitrogen and oxygen atoms in total. The highest BCUT2D eigenvalue weighted by molar-refractivity contribution is 5.96. The lowest BCUT2D eigenvalue weighted by molar-refractivity contribution is -0.143. The average molecular weight is 812 g/mol. The molecule has 0 spiro atoms. The van der Waals surface area contributed by atoms with Crippen molar-refractivity contribution in [3.63, 3.8) is 0 Å². The maximum absolute atomic E-state index is 14.9. The van der Waals surface area contributed by atoms with E-state index in [9.17, 15) is 24.0 Å². The Morgan fingerprint density at radius 2 is 1.18 bits per heavy atom. The second kappa shape index (κ2) is 21.2. The molecule has 0 bridgehead atoms. The number of carbonyl (C=O) groups is 5. The normalized spacial score (nSPS) is 15.0. The van der Waals surface area contributed by atoms with Gasteiger partial charge in [-0.15, -0.1) is 0 Å². The van der Waals surface area contributed by atoms with E-state index in [1.165, 1.54) is 4.90 Å². The van der Waals surface area contributed by atoms with Crippen LogP contribution in [0.1, 0.15) is 48.8 Å². The molecule has 1 saturated heterocycles. The van der Waals surface area contributed by atoms with Crippen molar-refractivity contribution >= 4 is 51.1 Å². The number of primary amides is 1. The van der Waals surface area contributed by atoms with E-state index in [4.69, 9.17) is 11.5 Å². The summed E-state index contributed by atoms with van der Waals surface area (Å²) < 4.78 is 0. The number of piperidine rings is 1. The Morgan fingerprint density at radius 3 is 1.78 bits per heavy atom. The maximum atomic E-state index is 14.9. The molecular weight excluding hydrogens is 755 g/mol. The molecule has 0 radical (unpaired) electrons. The number of likely N-dealkylation sites (N-methyl/N-ethyl adjacent to an activating group) is 1. The summed E-state index contributed by atoms with van der Waals surface area (Å²) in [5.41, 5.74) is 13.8. The van der Waals surface area contributed by atoms with Crippen LogP contribution in [-0.2, 0) is 43.2 Å². The number of nitrogens with zero attached hydrogens (tertiary/aromatic N) is 1. The highest BCUT2D eigenvalue weighted by atomic mass is 16.2. The minimum Gasteiger partial charge on any atom is -0.368 e. The van der Waals surface area contributed by atoms with Gasteiger partial charge in [0.05, 0.1) is 0 Å². The van der Waals surface area contributed by atoms with Crippen molar-refractivity contribution in [2.45, 2.75) is 75.5 Å². The number of nitrogens with one attached hydrogen (secondary N) is 4. The Balaban J connectivity index is 1.32. The van der Waals surface area contributed by atoms with Gasteiger partial charge in [0.25, 0.3) is 0 Å². The molecule has 1 aliphatic rings. The van der Waals surface area contributed by atoms with Crippen LogP contribution in [0, 0.1) is 5.92 Å². The predicted molar refractivity (Wildman–Crippen MR) is 235 cm³/mol. The largest absolute Gasteiger partial charge is 0.368 e. The summed E-state index contributed by atoms with van der Waals surface area (Å²) in [5.74, 6) is -2.72. The first kappa shape index (κ1) is 43.5. The first-order chi connectivity index (χ1) is 29.1. The summed E-state index contributed by atoms with van der Waals surface area (Å²) in [7, 11) is 1.57. The highest BCUT2D eigenvalue weighted by Gasteiger charge is 2.36. The number of rotatable bonds is 19. The first-order valence-corrected chi connectivity index (χ1v) is 21.0. The van der Waals surface area contributed by atoms with Gasteiger partial charge in [0.1, 0.15) is 24.2 Å². The molecule has 60 heavy (non-hydrogen) atoms. The van der Waals surface area contributed by atoms with Gasteiger partial charge < -0.3 is 37.6 Å². The topological polar surface area (TPSA) is 189 Å². The number of hydrogen-bond donors (Lipinski definition) is 6. The lowest BCUT2D eigenvalue weighted by Gasteiger charge is -2.33.